The summed E-state index contributed by atoms with van der Waals surface area (Å²) in [5, 5.41) is 0. The Balaban J connectivity index is 2.54. The molecule has 2 aromatic rings. The number of hydrogen-bond acceptors (Lipinski definition) is 3. The highest BCUT2D eigenvalue weighted by molar-refractivity contribution is 14.1. The fourth-order valence-electron chi connectivity index (χ4n) is 2.73. The van der Waals surface area contributed by atoms with Crippen molar-refractivity contribution in [1.29, 1.82) is 0 Å². The maximum Gasteiger partial charge on any atom is 0.259 e. The third-order valence-corrected chi connectivity index (χ3v) is 6.78. The van der Waals surface area contributed by atoms with Gasteiger partial charge in [-0.15, -0.1) is 0 Å². The second-order valence-electron chi connectivity index (χ2n) is 6.32. The van der Waals surface area contributed by atoms with Crippen molar-refractivity contribution in [3.8, 4) is 0 Å². The van der Waals surface area contributed by atoms with Crippen molar-refractivity contribution in [2.45, 2.75) is 25.7 Å². The summed E-state index contributed by atoms with van der Waals surface area (Å²) >= 11 is 2.06. The van der Waals surface area contributed by atoms with Gasteiger partial charge in [0, 0.05) is 29.9 Å². The number of amides is 1. The number of benzene rings is 2. The van der Waals surface area contributed by atoms with Gasteiger partial charge < -0.3 is 4.90 Å². The lowest BCUT2D eigenvalue weighted by atomic mass is 10.1. The van der Waals surface area contributed by atoms with Crippen molar-refractivity contribution >= 4 is 44.2 Å². The first-order valence-corrected chi connectivity index (χ1v) is 10.7. The van der Waals surface area contributed by atoms with Crippen LogP contribution in [0.2, 0.25) is 0 Å². The minimum absolute atomic E-state index is 0.114. The van der Waals surface area contributed by atoms with Gasteiger partial charge >= 0.3 is 0 Å². The predicted molar refractivity (Wildman–Crippen MR) is 113 cm³/mol. The molecule has 1 amide bonds. The number of sulfonamides is 1. The number of carbonyl (C=O) groups excluding carboxylic acids is 1. The van der Waals surface area contributed by atoms with Crippen LogP contribution in [-0.4, -0.2) is 39.3 Å². The summed E-state index contributed by atoms with van der Waals surface area (Å²) in [5.41, 5.74) is 3.34. The van der Waals surface area contributed by atoms with Gasteiger partial charge in [0.15, 0.2) is 0 Å². The fraction of sp³-hybridized carbons (Fsp3) is 0.316. The standard InChI is InChI=1S/C19H23IN2O3S/c1-6-22(15-10-13(2)9-14(3)11-15)19(23)17-12-16(7-8-18(17)20)26(24,25)21(4)5/h7-12H,6H2,1-5H3. The molecule has 0 bridgehead atoms. The van der Waals surface area contributed by atoms with E-state index in [4.69, 9.17) is 0 Å². The molecule has 0 aliphatic carbocycles. The molecule has 0 heterocycles. The first kappa shape index (κ1) is 20.9. The highest BCUT2D eigenvalue weighted by Gasteiger charge is 2.23. The van der Waals surface area contributed by atoms with Gasteiger partial charge in [-0.05, 0) is 84.8 Å². The first-order valence-electron chi connectivity index (χ1n) is 8.20. The average Bonchev–Trinajstić information content (AvgIpc) is 2.54. The van der Waals surface area contributed by atoms with Gasteiger partial charge in [0.2, 0.25) is 10.0 Å². The van der Waals surface area contributed by atoms with E-state index in [9.17, 15) is 13.2 Å². The third kappa shape index (κ3) is 4.27. The average molecular weight is 486 g/mol. The van der Waals surface area contributed by atoms with Crippen LogP contribution in [0.15, 0.2) is 41.3 Å². The first-order chi connectivity index (χ1) is 12.1. The van der Waals surface area contributed by atoms with Gasteiger partial charge in [0.1, 0.15) is 0 Å². The van der Waals surface area contributed by atoms with Crippen LogP contribution in [0.1, 0.15) is 28.4 Å². The quantitative estimate of drug-likeness (QED) is 0.604. The molecular weight excluding hydrogens is 463 g/mol. The molecule has 26 heavy (non-hydrogen) atoms. The Morgan fingerprint density at radius 3 is 2.12 bits per heavy atom. The Kier molecular flexibility index (Phi) is 6.46. The molecule has 0 radical (unpaired) electrons. The zero-order chi connectivity index (χ0) is 19.6. The molecule has 2 aromatic carbocycles. The van der Waals surface area contributed by atoms with E-state index < -0.39 is 10.0 Å². The molecule has 0 N–H and O–H groups in total. The Morgan fingerprint density at radius 2 is 1.62 bits per heavy atom. The van der Waals surface area contributed by atoms with Crippen LogP contribution in [0.4, 0.5) is 5.69 Å². The molecule has 0 spiro atoms. The minimum Gasteiger partial charge on any atom is -0.309 e. The molecule has 140 valence electrons. The zero-order valence-electron chi connectivity index (χ0n) is 15.6. The van der Waals surface area contributed by atoms with E-state index in [1.54, 1.807) is 11.0 Å². The van der Waals surface area contributed by atoms with E-state index in [1.165, 1.54) is 26.2 Å². The second kappa shape index (κ2) is 8.06. The molecule has 0 saturated heterocycles. The topological polar surface area (TPSA) is 57.7 Å². The lowest BCUT2D eigenvalue weighted by Crippen LogP contribution is -2.32. The van der Waals surface area contributed by atoms with Gasteiger partial charge in [-0.2, -0.15) is 0 Å². The van der Waals surface area contributed by atoms with E-state index >= 15 is 0 Å². The summed E-state index contributed by atoms with van der Waals surface area (Å²) in [5.74, 6) is -0.210. The molecule has 0 saturated carbocycles. The number of anilines is 1. The molecule has 0 atom stereocenters. The van der Waals surface area contributed by atoms with Crippen LogP contribution in [0.25, 0.3) is 0 Å². The summed E-state index contributed by atoms with van der Waals surface area (Å²) in [6, 6.07) is 10.6. The summed E-state index contributed by atoms with van der Waals surface area (Å²) in [4.78, 5) is 15.0. The van der Waals surface area contributed by atoms with Gasteiger partial charge in [-0.25, -0.2) is 12.7 Å². The van der Waals surface area contributed by atoms with Crippen molar-refractivity contribution in [3.05, 3.63) is 56.7 Å². The van der Waals surface area contributed by atoms with Crippen LogP contribution >= 0.6 is 22.6 Å². The maximum absolute atomic E-state index is 13.2. The van der Waals surface area contributed by atoms with Crippen molar-refractivity contribution < 1.29 is 13.2 Å². The molecule has 2 rings (SSSR count). The number of carbonyl (C=O) groups is 1. The maximum atomic E-state index is 13.2. The highest BCUT2D eigenvalue weighted by Crippen LogP contribution is 2.25. The van der Waals surface area contributed by atoms with Crippen LogP contribution in [0.5, 0.6) is 0 Å². The SMILES string of the molecule is CCN(C(=O)c1cc(S(=O)(=O)N(C)C)ccc1I)c1cc(C)cc(C)c1. The van der Waals surface area contributed by atoms with Gasteiger partial charge in [-0.3, -0.25) is 4.79 Å². The molecular formula is C19H23IN2O3S. The van der Waals surface area contributed by atoms with Crippen molar-refractivity contribution in [2.24, 2.45) is 0 Å². The highest BCUT2D eigenvalue weighted by atomic mass is 127. The van der Waals surface area contributed by atoms with Crippen molar-refractivity contribution in [3.63, 3.8) is 0 Å². The van der Waals surface area contributed by atoms with Crippen LogP contribution < -0.4 is 4.90 Å². The van der Waals surface area contributed by atoms with Crippen molar-refractivity contribution in [2.75, 3.05) is 25.5 Å². The summed E-state index contributed by atoms with van der Waals surface area (Å²) in [6.07, 6.45) is 0. The predicted octanol–water partition coefficient (Wildman–Crippen LogP) is 3.83. The van der Waals surface area contributed by atoms with E-state index in [0.717, 1.165) is 21.1 Å². The van der Waals surface area contributed by atoms with Crippen LogP contribution in [-0.2, 0) is 10.0 Å². The lowest BCUT2D eigenvalue weighted by molar-refractivity contribution is 0.0987. The van der Waals surface area contributed by atoms with E-state index in [2.05, 4.69) is 28.7 Å². The molecule has 7 heteroatoms. The summed E-state index contributed by atoms with van der Waals surface area (Å²) in [6.45, 7) is 6.37. The molecule has 0 fully saturated rings. The molecule has 0 aromatic heterocycles. The van der Waals surface area contributed by atoms with E-state index in [-0.39, 0.29) is 10.8 Å². The Labute approximate surface area is 169 Å². The normalized spacial score (nSPS) is 11.7. The molecule has 0 unspecified atom stereocenters. The molecule has 5 nitrogen and oxygen atoms in total. The zero-order valence-corrected chi connectivity index (χ0v) is 18.6. The summed E-state index contributed by atoms with van der Waals surface area (Å²) in [7, 11) is -0.651. The van der Waals surface area contributed by atoms with Crippen LogP contribution in [0.3, 0.4) is 0 Å². The number of nitrogens with zero attached hydrogens (tertiary/aromatic N) is 2. The third-order valence-electron chi connectivity index (χ3n) is 4.03. The number of aryl methyl sites for hydroxylation is 2. The van der Waals surface area contributed by atoms with Gasteiger partial charge in [0.05, 0.1) is 10.5 Å². The summed E-state index contributed by atoms with van der Waals surface area (Å²) < 4.78 is 26.7. The van der Waals surface area contributed by atoms with Crippen molar-refractivity contribution in [1.82, 2.24) is 4.31 Å². The monoisotopic (exact) mass is 486 g/mol. The smallest absolute Gasteiger partial charge is 0.259 e. The van der Waals surface area contributed by atoms with E-state index in [1.807, 2.05) is 32.9 Å². The number of hydrogen-bond donors (Lipinski definition) is 0. The van der Waals surface area contributed by atoms with Crippen LogP contribution in [0, 0.1) is 17.4 Å². The Hall–Kier alpha value is -1.45. The fourth-order valence-corrected chi connectivity index (χ4v) is 4.23. The Morgan fingerprint density at radius 1 is 1.04 bits per heavy atom. The molecule has 0 aliphatic rings. The number of rotatable bonds is 5. The second-order valence-corrected chi connectivity index (χ2v) is 9.64. The van der Waals surface area contributed by atoms with E-state index in [0.29, 0.717) is 15.7 Å². The Bertz CT molecular complexity index is 920. The van der Waals surface area contributed by atoms with Gasteiger partial charge in [-0.1, -0.05) is 6.07 Å². The lowest BCUT2D eigenvalue weighted by Gasteiger charge is -2.23. The van der Waals surface area contributed by atoms with Gasteiger partial charge in [0.25, 0.3) is 5.91 Å². The largest absolute Gasteiger partial charge is 0.309 e. The number of halogens is 1. The molecule has 0 aliphatic heterocycles. The minimum atomic E-state index is -3.60.